The monoisotopic (exact) mass is 379 g/mol. The second-order valence-electron chi connectivity index (χ2n) is 8.17. The predicted molar refractivity (Wildman–Crippen MR) is 102 cm³/mol. The van der Waals surface area contributed by atoms with Crippen LogP contribution in [0.4, 0.5) is 5.82 Å². The van der Waals surface area contributed by atoms with Crippen LogP contribution < -0.4 is 10.6 Å². The molecule has 1 aromatic rings. The lowest BCUT2D eigenvalue weighted by atomic mass is 9.78. The molecular formula is C18H29N5O2S. The third-order valence-corrected chi connectivity index (χ3v) is 6.68. The molecule has 1 saturated heterocycles. The van der Waals surface area contributed by atoms with Crippen LogP contribution in [0.15, 0.2) is 6.07 Å². The summed E-state index contributed by atoms with van der Waals surface area (Å²) in [6, 6.07) is 2.48. The fourth-order valence-electron chi connectivity index (χ4n) is 3.77. The van der Waals surface area contributed by atoms with Crippen molar-refractivity contribution in [3.63, 3.8) is 0 Å². The predicted octanol–water partition coefficient (Wildman–Crippen LogP) is 0.725. The smallest absolute Gasteiger partial charge is 0.148 e. The minimum absolute atomic E-state index is 0.235. The zero-order chi connectivity index (χ0) is 18.3. The van der Waals surface area contributed by atoms with Crippen LogP contribution in [-0.4, -0.2) is 74.1 Å². The third kappa shape index (κ3) is 4.35. The topological polar surface area (TPSA) is 92.4 Å². The lowest BCUT2D eigenvalue weighted by Gasteiger charge is -2.36. The number of nitrogens with zero attached hydrogens (tertiary/aromatic N) is 4. The zero-order valence-corrected chi connectivity index (χ0v) is 16.3. The van der Waals surface area contributed by atoms with E-state index >= 15 is 0 Å². The Morgan fingerprint density at radius 2 is 1.81 bits per heavy atom. The molecule has 0 aromatic carbocycles. The van der Waals surface area contributed by atoms with Crippen LogP contribution in [0.25, 0.3) is 0 Å². The van der Waals surface area contributed by atoms with Crippen LogP contribution in [0.5, 0.6) is 0 Å². The highest BCUT2D eigenvalue weighted by atomic mass is 32.2. The molecule has 2 heterocycles. The zero-order valence-electron chi connectivity index (χ0n) is 15.5. The largest absolute Gasteiger partial charge is 0.354 e. The summed E-state index contributed by atoms with van der Waals surface area (Å²) in [4.78, 5) is 14.3. The summed E-state index contributed by atoms with van der Waals surface area (Å²) in [6.07, 6.45) is 5.76. The van der Waals surface area contributed by atoms with Crippen LogP contribution in [0.1, 0.15) is 49.0 Å². The number of hydrogen-bond acceptors (Lipinski definition) is 7. The van der Waals surface area contributed by atoms with E-state index in [0.717, 1.165) is 56.4 Å². The first-order valence-corrected chi connectivity index (χ1v) is 11.7. The van der Waals surface area contributed by atoms with Gasteiger partial charge < -0.3 is 10.6 Å². The number of hydrogen-bond donors (Lipinski definition) is 1. The molecule has 0 radical (unpaired) electrons. The van der Waals surface area contributed by atoms with Crippen molar-refractivity contribution in [1.29, 1.82) is 0 Å². The van der Waals surface area contributed by atoms with Gasteiger partial charge in [0.25, 0.3) is 0 Å². The van der Waals surface area contributed by atoms with E-state index in [4.69, 9.17) is 15.7 Å². The summed E-state index contributed by atoms with van der Waals surface area (Å²) >= 11 is 0. The molecule has 144 valence electrons. The van der Waals surface area contributed by atoms with Gasteiger partial charge in [0.15, 0.2) is 0 Å². The lowest BCUT2D eigenvalue weighted by molar-refractivity contribution is 0.271. The van der Waals surface area contributed by atoms with Crippen molar-refractivity contribution in [2.75, 3.05) is 49.6 Å². The van der Waals surface area contributed by atoms with Gasteiger partial charge in [0.05, 0.1) is 5.75 Å². The number of rotatable bonds is 6. The second kappa shape index (κ2) is 7.05. The summed E-state index contributed by atoms with van der Waals surface area (Å²) in [7, 11) is -2.90. The molecule has 2 N–H and O–H groups in total. The Morgan fingerprint density at radius 3 is 2.38 bits per heavy atom. The number of sulfone groups is 1. The maximum Gasteiger partial charge on any atom is 0.148 e. The van der Waals surface area contributed by atoms with E-state index in [1.807, 2.05) is 0 Å². The van der Waals surface area contributed by atoms with E-state index in [9.17, 15) is 8.42 Å². The summed E-state index contributed by atoms with van der Waals surface area (Å²) in [5.74, 6) is 3.31. The highest BCUT2D eigenvalue weighted by Crippen LogP contribution is 2.41. The molecule has 1 aliphatic heterocycles. The van der Waals surface area contributed by atoms with E-state index in [2.05, 4.69) is 15.9 Å². The van der Waals surface area contributed by atoms with Gasteiger partial charge in [0, 0.05) is 68.6 Å². The molecule has 3 fully saturated rings. The minimum Gasteiger partial charge on any atom is -0.354 e. The van der Waals surface area contributed by atoms with Crippen molar-refractivity contribution in [2.24, 2.45) is 5.73 Å². The van der Waals surface area contributed by atoms with Gasteiger partial charge in [0.2, 0.25) is 0 Å². The number of nitrogens with two attached hydrogens (primary N) is 1. The maximum absolute atomic E-state index is 11.4. The molecule has 0 spiro atoms. The van der Waals surface area contributed by atoms with Crippen LogP contribution >= 0.6 is 0 Å². The summed E-state index contributed by atoms with van der Waals surface area (Å²) in [6.45, 7) is 4.14. The molecule has 0 unspecified atom stereocenters. The first-order valence-electron chi connectivity index (χ1n) is 9.67. The Labute approximate surface area is 155 Å². The molecular weight excluding hydrogens is 350 g/mol. The highest BCUT2D eigenvalue weighted by Gasteiger charge is 2.33. The standard InChI is InChI=1S/C18H29N5O2S/c1-26(24,25)9-8-22-4-6-23(7-5-22)17-12-16(14-10-15(19)11-14)20-18(21-17)13-2-3-13/h12-15H,2-11,19H2,1H3. The van der Waals surface area contributed by atoms with Crippen molar-refractivity contribution in [3.05, 3.63) is 17.6 Å². The molecule has 2 aliphatic carbocycles. The summed E-state index contributed by atoms with van der Waals surface area (Å²) in [5, 5.41) is 0. The van der Waals surface area contributed by atoms with Gasteiger partial charge in [-0.05, 0) is 25.7 Å². The van der Waals surface area contributed by atoms with Crippen LogP contribution in [0.3, 0.4) is 0 Å². The highest BCUT2D eigenvalue weighted by molar-refractivity contribution is 7.90. The molecule has 1 aromatic heterocycles. The number of piperazine rings is 1. The number of anilines is 1. The molecule has 26 heavy (non-hydrogen) atoms. The Kier molecular flexibility index (Phi) is 4.92. The Balaban J connectivity index is 1.42. The molecule has 7 nitrogen and oxygen atoms in total. The van der Waals surface area contributed by atoms with Gasteiger partial charge in [-0.2, -0.15) is 0 Å². The second-order valence-corrected chi connectivity index (χ2v) is 10.4. The van der Waals surface area contributed by atoms with Gasteiger partial charge in [-0.15, -0.1) is 0 Å². The van der Waals surface area contributed by atoms with Gasteiger partial charge in [-0.3, -0.25) is 4.90 Å². The Morgan fingerprint density at radius 1 is 1.12 bits per heavy atom. The van der Waals surface area contributed by atoms with E-state index < -0.39 is 9.84 Å². The molecule has 0 atom stereocenters. The summed E-state index contributed by atoms with van der Waals surface area (Å²) < 4.78 is 22.7. The molecule has 4 rings (SSSR count). The van der Waals surface area contributed by atoms with E-state index in [1.54, 1.807) is 0 Å². The van der Waals surface area contributed by atoms with Crippen molar-refractivity contribution >= 4 is 15.7 Å². The van der Waals surface area contributed by atoms with Gasteiger partial charge in [0.1, 0.15) is 21.5 Å². The normalized spacial score (nSPS) is 27.4. The first-order chi connectivity index (χ1) is 12.4. The van der Waals surface area contributed by atoms with E-state index in [0.29, 0.717) is 24.4 Å². The van der Waals surface area contributed by atoms with Gasteiger partial charge in [-0.1, -0.05) is 0 Å². The van der Waals surface area contributed by atoms with Crippen molar-refractivity contribution in [3.8, 4) is 0 Å². The molecule has 0 bridgehead atoms. The van der Waals surface area contributed by atoms with Gasteiger partial charge >= 0.3 is 0 Å². The lowest BCUT2D eigenvalue weighted by Crippen LogP contribution is -2.48. The Bertz CT molecular complexity index is 751. The van der Waals surface area contributed by atoms with Crippen molar-refractivity contribution in [1.82, 2.24) is 14.9 Å². The van der Waals surface area contributed by atoms with E-state index in [1.165, 1.54) is 19.1 Å². The SMILES string of the molecule is CS(=O)(=O)CCN1CCN(c2cc(C3CC(N)C3)nc(C3CC3)n2)CC1. The first kappa shape index (κ1) is 18.1. The maximum atomic E-state index is 11.4. The Hall–Kier alpha value is -1.25. The van der Waals surface area contributed by atoms with Crippen LogP contribution in [-0.2, 0) is 9.84 Å². The molecule has 2 saturated carbocycles. The fourth-order valence-corrected chi connectivity index (χ4v) is 4.36. The van der Waals surface area contributed by atoms with Crippen LogP contribution in [0.2, 0.25) is 0 Å². The summed E-state index contributed by atoms with van der Waals surface area (Å²) in [5.41, 5.74) is 7.13. The average Bonchev–Trinajstić information content (AvgIpc) is 3.42. The average molecular weight is 380 g/mol. The fraction of sp³-hybridized carbons (Fsp3) is 0.778. The molecule has 3 aliphatic rings. The van der Waals surface area contributed by atoms with Crippen molar-refractivity contribution < 1.29 is 8.42 Å². The van der Waals surface area contributed by atoms with Crippen LogP contribution in [0, 0.1) is 0 Å². The van der Waals surface area contributed by atoms with Gasteiger partial charge in [-0.25, -0.2) is 18.4 Å². The number of aromatic nitrogens is 2. The van der Waals surface area contributed by atoms with Crippen molar-refractivity contribution in [2.45, 2.75) is 43.6 Å². The molecule has 0 amide bonds. The third-order valence-electron chi connectivity index (χ3n) is 5.76. The molecule has 8 heteroatoms. The van der Waals surface area contributed by atoms with E-state index in [-0.39, 0.29) is 5.75 Å². The quantitative estimate of drug-likeness (QED) is 0.779. The minimum atomic E-state index is -2.90.